The maximum atomic E-state index is 10.8. The topological polar surface area (TPSA) is 75.8 Å². The molecule has 0 aliphatic heterocycles. The molecular weight excluding hydrogens is 339 g/mol. The second-order valence-electron chi connectivity index (χ2n) is 5.15. The number of carbonyl (C=O) groups is 1. The highest BCUT2D eigenvalue weighted by Gasteiger charge is 2.15. The van der Waals surface area contributed by atoms with Gasteiger partial charge in [0.1, 0.15) is 5.75 Å². The van der Waals surface area contributed by atoms with Crippen LogP contribution in [-0.2, 0) is 11.2 Å². The van der Waals surface area contributed by atoms with Crippen LogP contribution < -0.4 is 15.4 Å². The van der Waals surface area contributed by atoms with Crippen LogP contribution in [0.1, 0.15) is 18.9 Å². The molecule has 0 aliphatic carbocycles. The maximum Gasteiger partial charge on any atom is 0.304 e. The van der Waals surface area contributed by atoms with Crippen molar-refractivity contribution >= 4 is 34.9 Å². The van der Waals surface area contributed by atoms with Crippen molar-refractivity contribution < 1.29 is 14.6 Å². The van der Waals surface area contributed by atoms with Gasteiger partial charge in [-0.05, 0) is 37.1 Å². The van der Waals surface area contributed by atoms with Crippen molar-refractivity contribution in [3.05, 3.63) is 23.8 Å². The van der Waals surface area contributed by atoms with E-state index in [0.29, 0.717) is 37.9 Å². The molecule has 23 heavy (non-hydrogen) atoms. The van der Waals surface area contributed by atoms with E-state index in [-0.39, 0.29) is 6.42 Å². The summed E-state index contributed by atoms with van der Waals surface area (Å²) in [5, 5.41) is 8.87. The van der Waals surface area contributed by atoms with E-state index in [2.05, 4.69) is 4.90 Å². The summed E-state index contributed by atoms with van der Waals surface area (Å²) >= 11 is 11.7. The standard InChI is InChI=1S/C16H24Cl2N2O3/c1-2-23-15-4-3-14(20(7-5-17)8-6-18)10-12(15)9-13(19)11-16(21)22/h3-4,10,13H,2,5-9,11,19H2,1H3,(H,21,22)/t13-/m0/s1. The molecule has 0 radical (unpaired) electrons. The molecule has 0 saturated carbocycles. The van der Waals surface area contributed by atoms with Gasteiger partial charge in [-0.3, -0.25) is 4.79 Å². The van der Waals surface area contributed by atoms with Crippen LogP contribution >= 0.6 is 23.2 Å². The van der Waals surface area contributed by atoms with Gasteiger partial charge in [0.2, 0.25) is 0 Å². The van der Waals surface area contributed by atoms with E-state index in [1.807, 2.05) is 25.1 Å². The van der Waals surface area contributed by atoms with Gasteiger partial charge < -0.3 is 20.5 Å². The van der Waals surface area contributed by atoms with Gasteiger partial charge >= 0.3 is 5.97 Å². The van der Waals surface area contributed by atoms with E-state index in [1.165, 1.54) is 0 Å². The Balaban J connectivity index is 3.02. The van der Waals surface area contributed by atoms with E-state index >= 15 is 0 Å². The van der Waals surface area contributed by atoms with E-state index in [0.717, 1.165) is 17.0 Å². The number of aliphatic carboxylic acids is 1. The Hall–Kier alpha value is -1.17. The fourth-order valence-corrected chi connectivity index (χ4v) is 2.78. The first-order valence-electron chi connectivity index (χ1n) is 7.61. The van der Waals surface area contributed by atoms with Gasteiger partial charge in [-0.1, -0.05) is 0 Å². The normalized spacial score (nSPS) is 12.0. The molecule has 7 heteroatoms. The predicted octanol–water partition coefficient (Wildman–Crippen LogP) is 2.71. The van der Waals surface area contributed by atoms with Gasteiger partial charge in [-0.25, -0.2) is 0 Å². The van der Waals surface area contributed by atoms with Crippen LogP contribution in [0.15, 0.2) is 18.2 Å². The molecule has 0 fully saturated rings. The number of carboxylic acids is 1. The monoisotopic (exact) mass is 362 g/mol. The van der Waals surface area contributed by atoms with E-state index in [4.69, 9.17) is 38.8 Å². The lowest BCUT2D eigenvalue weighted by Crippen LogP contribution is -2.28. The summed E-state index contributed by atoms with van der Waals surface area (Å²) in [6, 6.07) is 5.36. The third-order valence-electron chi connectivity index (χ3n) is 3.34. The number of rotatable bonds is 11. The number of ether oxygens (including phenoxy) is 1. The molecular formula is C16H24Cl2N2O3. The molecule has 5 nitrogen and oxygen atoms in total. The van der Waals surface area contributed by atoms with Gasteiger partial charge in [0.05, 0.1) is 13.0 Å². The van der Waals surface area contributed by atoms with Crippen molar-refractivity contribution in [3.63, 3.8) is 0 Å². The summed E-state index contributed by atoms with van der Waals surface area (Å²) in [6.45, 7) is 3.81. The molecule has 1 rings (SSSR count). The van der Waals surface area contributed by atoms with Crippen LogP contribution in [0, 0.1) is 0 Å². The number of benzene rings is 1. The van der Waals surface area contributed by atoms with Gasteiger partial charge in [0.25, 0.3) is 0 Å². The summed E-state index contributed by atoms with van der Waals surface area (Å²) in [4.78, 5) is 12.9. The molecule has 0 spiro atoms. The minimum atomic E-state index is -0.905. The molecule has 0 unspecified atom stereocenters. The summed E-state index contributed by atoms with van der Waals surface area (Å²) in [7, 11) is 0. The summed E-state index contributed by atoms with van der Waals surface area (Å²) < 4.78 is 5.62. The number of carboxylic acid groups (broad SMARTS) is 1. The van der Waals surface area contributed by atoms with Gasteiger partial charge in [0.15, 0.2) is 0 Å². The molecule has 0 bridgehead atoms. The van der Waals surface area contributed by atoms with Crippen LogP contribution in [0.5, 0.6) is 5.75 Å². The average molecular weight is 363 g/mol. The minimum absolute atomic E-state index is 0.0805. The number of nitrogens with zero attached hydrogens (tertiary/aromatic N) is 1. The van der Waals surface area contributed by atoms with Gasteiger partial charge in [-0.2, -0.15) is 0 Å². The van der Waals surface area contributed by atoms with E-state index in [1.54, 1.807) is 0 Å². The van der Waals surface area contributed by atoms with Gasteiger partial charge in [-0.15, -0.1) is 23.2 Å². The lowest BCUT2D eigenvalue weighted by Gasteiger charge is -2.24. The molecule has 0 saturated heterocycles. The number of nitrogens with two attached hydrogens (primary N) is 1. The smallest absolute Gasteiger partial charge is 0.304 e. The highest BCUT2D eigenvalue weighted by atomic mass is 35.5. The zero-order valence-electron chi connectivity index (χ0n) is 13.3. The van der Waals surface area contributed by atoms with E-state index < -0.39 is 12.0 Å². The van der Waals surface area contributed by atoms with Crippen molar-refractivity contribution in [2.45, 2.75) is 25.8 Å². The fourth-order valence-electron chi connectivity index (χ4n) is 2.37. The Morgan fingerprint density at radius 3 is 2.52 bits per heavy atom. The summed E-state index contributed by atoms with van der Waals surface area (Å²) in [5.74, 6) is 0.821. The first-order valence-corrected chi connectivity index (χ1v) is 8.68. The molecule has 0 amide bonds. The molecule has 1 aromatic rings. The summed E-state index contributed by atoms with van der Waals surface area (Å²) in [5.41, 5.74) is 7.80. The lowest BCUT2D eigenvalue weighted by molar-refractivity contribution is -0.137. The van der Waals surface area contributed by atoms with E-state index in [9.17, 15) is 4.79 Å². The Bertz CT molecular complexity index is 494. The van der Waals surface area contributed by atoms with Crippen LogP contribution in [0.3, 0.4) is 0 Å². The first-order chi connectivity index (χ1) is 11.0. The molecule has 130 valence electrons. The highest BCUT2D eigenvalue weighted by molar-refractivity contribution is 6.18. The molecule has 3 N–H and O–H groups in total. The highest BCUT2D eigenvalue weighted by Crippen LogP contribution is 2.27. The lowest BCUT2D eigenvalue weighted by atomic mass is 10.0. The number of alkyl halides is 2. The Morgan fingerprint density at radius 2 is 2.00 bits per heavy atom. The molecule has 1 atom stereocenters. The van der Waals surface area contributed by atoms with Crippen LogP contribution in [0.4, 0.5) is 5.69 Å². The number of hydrogen-bond acceptors (Lipinski definition) is 4. The van der Waals surface area contributed by atoms with Crippen molar-refractivity contribution in [1.29, 1.82) is 0 Å². The fraction of sp³-hybridized carbons (Fsp3) is 0.562. The van der Waals surface area contributed by atoms with Crippen molar-refractivity contribution in [3.8, 4) is 5.75 Å². The Labute approximate surface area is 147 Å². The van der Waals surface area contributed by atoms with Crippen LogP contribution in [-0.4, -0.2) is 48.6 Å². The molecule has 1 aromatic carbocycles. The number of hydrogen-bond donors (Lipinski definition) is 2. The van der Waals surface area contributed by atoms with Crippen LogP contribution in [0.25, 0.3) is 0 Å². The SMILES string of the molecule is CCOc1ccc(N(CCCl)CCCl)cc1C[C@H](N)CC(=O)O. The second-order valence-corrected chi connectivity index (χ2v) is 5.91. The first kappa shape index (κ1) is 19.9. The Kier molecular flexibility index (Phi) is 9.14. The Morgan fingerprint density at radius 1 is 1.35 bits per heavy atom. The molecule has 0 aromatic heterocycles. The summed E-state index contributed by atoms with van der Waals surface area (Å²) in [6.07, 6.45) is 0.355. The largest absolute Gasteiger partial charge is 0.494 e. The predicted molar refractivity (Wildman–Crippen MR) is 95.2 cm³/mol. The third-order valence-corrected chi connectivity index (χ3v) is 3.67. The number of anilines is 1. The van der Waals surface area contributed by atoms with Crippen molar-refractivity contribution in [1.82, 2.24) is 0 Å². The molecule has 0 heterocycles. The quantitative estimate of drug-likeness (QED) is 0.592. The zero-order valence-corrected chi connectivity index (χ0v) is 14.8. The maximum absolute atomic E-state index is 10.8. The number of halogens is 2. The van der Waals surface area contributed by atoms with Crippen LogP contribution in [0.2, 0.25) is 0 Å². The van der Waals surface area contributed by atoms with Crippen molar-refractivity contribution in [2.24, 2.45) is 5.73 Å². The zero-order chi connectivity index (χ0) is 17.2. The second kappa shape index (κ2) is 10.6. The minimum Gasteiger partial charge on any atom is -0.494 e. The average Bonchev–Trinajstić information content (AvgIpc) is 2.48. The van der Waals surface area contributed by atoms with Crippen molar-refractivity contribution in [2.75, 3.05) is 36.4 Å². The van der Waals surface area contributed by atoms with Gasteiger partial charge in [0, 0.05) is 36.6 Å². The molecule has 0 aliphatic rings. The third kappa shape index (κ3) is 6.85.